The number of hydrogen-bond donors (Lipinski definition) is 2. The molecule has 0 aliphatic carbocycles. The number of aromatic nitrogens is 3. The number of aromatic amines is 1. The Hall–Kier alpha value is -3.22. The summed E-state index contributed by atoms with van der Waals surface area (Å²) in [6.07, 6.45) is 1.46. The number of aromatic hydroxyl groups is 1. The minimum absolute atomic E-state index is 0.140. The van der Waals surface area contributed by atoms with Gasteiger partial charge in [0.1, 0.15) is 11.5 Å². The second kappa shape index (κ2) is 6.11. The fourth-order valence-corrected chi connectivity index (χ4v) is 2.27. The highest BCUT2D eigenvalue weighted by Gasteiger charge is 2.12. The molecule has 0 saturated carbocycles. The predicted molar refractivity (Wildman–Crippen MR) is 88.4 cm³/mol. The highest BCUT2D eigenvalue weighted by Crippen LogP contribution is 2.28. The van der Waals surface area contributed by atoms with E-state index in [0.29, 0.717) is 28.8 Å². The van der Waals surface area contributed by atoms with Gasteiger partial charge in [0, 0.05) is 12.1 Å². The summed E-state index contributed by atoms with van der Waals surface area (Å²) in [6, 6.07) is 8.79. The number of hydrogen-bond acceptors (Lipinski definition) is 5. The van der Waals surface area contributed by atoms with E-state index in [-0.39, 0.29) is 5.88 Å². The molecule has 124 valence electrons. The highest BCUT2D eigenvalue weighted by molar-refractivity contribution is 5.43. The minimum atomic E-state index is -0.427. The van der Waals surface area contributed by atoms with Crippen LogP contribution in [-0.4, -0.2) is 26.8 Å². The van der Waals surface area contributed by atoms with Crippen LogP contribution in [0.2, 0.25) is 0 Å². The van der Waals surface area contributed by atoms with Gasteiger partial charge in [-0.25, -0.2) is 14.3 Å². The zero-order valence-corrected chi connectivity index (χ0v) is 13.5. The molecule has 0 unspecified atom stereocenters. The quantitative estimate of drug-likeness (QED) is 0.769. The molecule has 24 heavy (non-hydrogen) atoms. The van der Waals surface area contributed by atoms with Crippen LogP contribution in [0.1, 0.15) is 11.3 Å². The summed E-state index contributed by atoms with van der Waals surface area (Å²) in [4.78, 5) is 18.6. The number of benzene rings is 1. The molecule has 7 heteroatoms. The second-order valence-electron chi connectivity index (χ2n) is 5.30. The van der Waals surface area contributed by atoms with Crippen LogP contribution in [0.3, 0.4) is 0 Å². The van der Waals surface area contributed by atoms with Gasteiger partial charge in [0.25, 0.3) is 0 Å². The number of ether oxygens (including phenoxy) is 2. The van der Waals surface area contributed by atoms with Crippen LogP contribution >= 0.6 is 0 Å². The first kappa shape index (κ1) is 15.7. The Bertz CT molecular complexity index is 926. The maximum atomic E-state index is 11.8. The van der Waals surface area contributed by atoms with Gasteiger partial charge < -0.3 is 19.6 Å². The maximum absolute atomic E-state index is 11.8. The summed E-state index contributed by atoms with van der Waals surface area (Å²) in [5, 5.41) is 9.93. The summed E-state index contributed by atoms with van der Waals surface area (Å²) in [7, 11) is 1.59. The predicted octanol–water partition coefficient (Wildman–Crippen LogP) is 2.68. The standard InChI is InChI=1S/C17H17N3O4/c1-10-4-6-13(23-3)8-14(10)24-15-7-5-12(9-18-15)20-16(21)11(2)19-17(20)22/h4-9,21H,1-3H3,(H,19,22). The number of methoxy groups -OCH3 is 1. The first-order valence-electron chi connectivity index (χ1n) is 7.29. The van der Waals surface area contributed by atoms with E-state index in [9.17, 15) is 9.90 Å². The molecule has 1 aromatic carbocycles. The largest absolute Gasteiger partial charge is 0.497 e. The first-order valence-corrected chi connectivity index (χ1v) is 7.29. The molecular weight excluding hydrogens is 310 g/mol. The zero-order valence-electron chi connectivity index (χ0n) is 13.5. The third kappa shape index (κ3) is 2.83. The molecule has 2 N–H and O–H groups in total. The number of aryl methyl sites for hydroxylation is 2. The molecular formula is C17H17N3O4. The number of pyridine rings is 1. The zero-order chi connectivity index (χ0) is 17.3. The van der Waals surface area contributed by atoms with Crippen molar-refractivity contribution in [2.24, 2.45) is 0 Å². The van der Waals surface area contributed by atoms with E-state index >= 15 is 0 Å². The van der Waals surface area contributed by atoms with Crippen molar-refractivity contribution in [2.75, 3.05) is 7.11 Å². The van der Waals surface area contributed by atoms with Gasteiger partial charge in [-0.2, -0.15) is 0 Å². The number of H-pyrrole nitrogens is 1. The average molecular weight is 327 g/mol. The Morgan fingerprint density at radius 3 is 2.58 bits per heavy atom. The van der Waals surface area contributed by atoms with E-state index in [4.69, 9.17) is 9.47 Å². The Morgan fingerprint density at radius 2 is 2.00 bits per heavy atom. The lowest BCUT2D eigenvalue weighted by atomic mass is 10.2. The lowest BCUT2D eigenvalue weighted by Gasteiger charge is -2.10. The normalized spacial score (nSPS) is 10.6. The Balaban J connectivity index is 1.89. The van der Waals surface area contributed by atoms with Crippen molar-refractivity contribution < 1.29 is 14.6 Å². The Kier molecular flexibility index (Phi) is 3.99. The van der Waals surface area contributed by atoms with Gasteiger partial charge in [-0.15, -0.1) is 0 Å². The van der Waals surface area contributed by atoms with Crippen LogP contribution in [0, 0.1) is 13.8 Å². The molecule has 7 nitrogen and oxygen atoms in total. The molecule has 3 aromatic rings. The number of nitrogens with zero attached hydrogens (tertiary/aromatic N) is 2. The number of nitrogens with one attached hydrogen (secondary N) is 1. The summed E-state index contributed by atoms with van der Waals surface area (Å²) < 4.78 is 12.1. The van der Waals surface area contributed by atoms with Crippen molar-refractivity contribution >= 4 is 0 Å². The molecule has 2 heterocycles. The monoisotopic (exact) mass is 327 g/mol. The Labute approximate surface area is 138 Å². The van der Waals surface area contributed by atoms with Gasteiger partial charge in [-0.3, -0.25) is 0 Å². The second-order valence-corrected chi connectivity index (χ2v) is 5.30. The molecule has 0 atom stereocenters. The van der Waals surface area contributed by atoms with Crippen LogP contribution in [0.25, 0.3) is 5.69 Å². The van der Waals surface area contributed by atoms with E-state index in [1.807, 2.05) is 19.1 Å². The van der Waals surface area contributed by atoms with Crippen LogP contribution in [0.15, 0.2) is 41.3 Å². The summed E-state index contributed by atoms with van der Waals surface area (Å²) >= 11 is 0. The highest BCUT2D eigenvalue weighted by atomic mass is 16.5. The van der Waals surface area contributed by atoms with Gasteiger partial charge >= 0.3 is 5.69 Å². The molecule has 0 aliphatic heterocycles. The van der Waals surface area contributed by atoms with Gasteiger partial charge in [-0.05, 0) is 31.5 Å². The topological polar surface area (TPSA) is 89.4 Å². The summed E-state index contributed by atoms with van der Waals surface area (Å²) in [5.41, 5.74) is 1.35. The lowest BCUT2D eigenvalue weighted by molar-refractivity contribution is 0.406. The summed E-state index contributed by atoms with van der Waals surface area (Å²) in [5.74, 6) is 1.55. The van der Waals surface area contributed by atoms with Crippen molar-refractivity contribution in [1.82, 2.24) is 14.5 Å². The van der Waals surface area contributed by atoms with Crippen molar-refractivity contribution in [3.8, 4) is 28.9 Å². The van der Waals surface area contributed by atoms with Crippen molar-refractivity contribution in [1.29, 1.82) is 0 Å². The van der Waals surface area contributed by atoms with E-state index in [1.165, 1.54) is 6.20 Å². The van der Waals surface area contributed by atoms with E-state index < -0.39 is 5.69 Å². The van der Waals surface area contributed by atoms with Crippen LogP contribution in [-0.2, 0) is 0 Å². The molecule has 3 rings (SSSR count). The average Bonchev–Trinajstić information content (AvgIpc) is 2.83. The van der Waals surface area contributed by atoms with Crippen LogP contribution < -0.4 is 15.2 Å². The lowest BCUT2D eigenvalue weighted by Crippen LogP contribution is -2.14. The van der Waals surface area contributed by atoms with Gasteiger partial charge in [0.2, 0.25) is 11.8 Å². The van der Waals surface area contributed by atoms with Crippen LogP contribution in [0.5, 0.6) is 23.3 Å². The van der Waals surface area contributed by atoms with Crippen LogP contribution in [0.4, 0.5) is 0 Å². The SMILES string of the molecule is COc1ccc(C)c(Oc2ccc(-n3c(O)c(C)[nH]c3=O)cn2)c1. The molecule has 0 spiro atoms. The third-order valence-electron chi connectivity index (χ3n) is 3.63. The van der Waals surface area contributed by atoms with Crippen molar-refractivity contribution in [2.45, 2.75) is 13.8 Å². The van der Waals surface area contributed by atoms with E-state index in [2.05, 4.69) is 9.97 Å². The molecule has 0 fully saturated rings. The molecule has 0 bridgehead atoms. The van der Waals surface area contributed by atoms with Gasteiger partial charge in [0.05, 0.1) is 24.7 Å². The fraction of sp³-hybridized carbons (Fsp3) is 0.176. The molecule has 2 aromatic heterocycles. The van der Waals surface area contributed by atoms with E-state index in [0.717, 1.165) is 10.1 Å². The molecule has 0 radical (unpaired) electrons. The Morgan fingerprint density at radius 1 is 1.21 bits per heavy atom. The van der Waals surface area contributed by atoms with E-state index in [1.54, 1.807) is 32.2 Å². The fourth-order valence-electron chi connectivity index (χ4n) is 2.27. The van der Waals surface area contributed by atoms with Gasteiger partial charge in [0.15, 0.2) is 0 Å². The maximum Gasteiger partial charge on any atom is 0.333 e. The van der Waals surface area contributed by atoms with Crippen molar-refractivity contribution in [3.63, 3.8) is 0 Å². The molecule has 0 aliphatic rings. The first-order chi connectivity index (χ1) is 11.5. The number of imidazole rings is 1. The van der Waals surface area contributed by atoms with Crippen molar-refractivity contribution in [3.05, 3.63) is 58.3 Å². The van der Waals surface area contributed by atoms with Gasteiger partial charge in [-0.1, -0.05) is 6.07 Å². The molecule has 0 amide bonds. The smallest absolute Gasteiger partial charge is 0.333 e. The molecule has 0 saturated heterocycles. The summed E-state index contributed by atoms with van der Waals surface area (Å²) in [6.45, 7) is 3.53. The number of rotatable bonds is 4. The third-order valence-corrected chi connectivity index (χ3v) is 3.63. The minimum Gasteiger partial charge on any atom is -0.497 e.